The highest BCUT2D eigenvalue weighted by atomic mass is 19.1. The molecule has 2 rings (SSSR count). The molecule has 0 spiro atoms. The van der Waals surface area contributed by atoms with E-state index in [2.05, 4.69) is 25.2 Å². The lowest BCUT2D eigenvalue weighted by atomic mass is 10.0. The van der Waals surface area contributed by atoms with Gasteiger partial charge in [-0.2, -0.15) is 5.26 Å². The van der Waals surface area contributed by atoms with Crippen LogP contribution in [0.1, 0.15) is 30.9 Å². The molecule has 0 aliphatic heterocycles. The van der Waals surface area contributed by atoms with Gasteiger partial charge in [0.05, 0.1) is 11.3 Å². The van der Waals surface area contributed by atoms with E-state index in [9.17, 15) is 4.39 Å². The Morgan fingerprint density at radius 3 is 2.63 bits per heavy atom. The molecule has 0 fully saturated rings. The van der Waals surface area contributed by atoms with Gasteiger partial charge in [0.25, 0.3) is 0 Å². The minimum Gasteiger partial charge on any atom is -0.354 e. The third-order valence-corrected chi connectivity index (χ3v) is 2.93. The fraction of sp³-hybridized carbons (Fsp3) is 0.188. The van der Waals surface area contributed by atoms with Crippen molar-refractivity contribution in [2.75, 3.05) is 5.32 Å². The molecule has 0 bridgehead atoms. The lowest BCUT2D eigenvalue weighted by Gasteiger charge is -2.11. The summed E-state index contributed by atoms with van der Waals surface area (Å²) in [7, 11) is 0. The van der Waals surface area contributed by atoms with Gasteiger partial charge < -0.3 is 5.32 Å². The molecule has 2 nitrogen and oxygen atoms in total. The molecule has 0 amide bonds. The SMILES string of the molecule is CC(C)c1cccc(Nc2ccc(F)cc2C#N)c1. The van der Waals surface area contributed by atoms with Gasteiger partial charge in [0.1, 0.15) is 11.9 Å². The van der Waals surface area contributed by atoms with Crippen molar-refractivity contribution < 1.29 is 4.39 Å². The quantitative estimate of drug-likeness (QED) is 0.871. The highest BCUT2D eigenvalue weighted by Crippen LogP contribution is 2.24. The van der Waals surface area contributed by atoms with Gasteiger partial charge >= 0.3 is 0 Å². The average molecular weight is 254 g/mol. The number of hydrogen-bond donors (Lipinski definition) is 1. The van der Waals surface area contributed by atoms with Crippen molar-refractivity contribution in [3.63, 3.8) is 0 Å². The average Bonchev–Trinajstić information content (AvgIpc) is 2.41. The van der Waals surface area contributed by atoms with Gasteiger partial charge in [-0.15, -0.1) is 0 Å². The van der Waals surface area contributed by atoms with Crippen LogP contribution >= 0.6 is 0 Å². The normalized spacial score (nSPS) is 10.3. The van der Waals surface area contributed by atoms with E-state index in [1.807, 2.05) is 24.3 Å². The van der Waals surface area contributed by atoms with Gasteiger partial charge in [-0.25, -0.2) is 4.39 Å². The van der Waals surface area contributed by atoms with Crippen LogP contribution in [0.25, 0.3) is 0 Å². The summed E-state index contributed by atoms with van der Waals surface area (Å²) in [4.78, 5) is 0. The third-order valence-electron chi connectivity index (χ3n) is 2.93. The number of benzene rings is 2. The van der Waals surface area contributed by atoms with Crippen molar-refractivity contribution in [2.24, 2.45) is 0 Å². The number of nitrogens with zero attached hydrogens (tertiary/aromatic N) is 1. The second-order valence-corrected chi connectivity index (χ2v) is 4.71. The summed E-state index contributed by atoms with van der Waals surface area (Å²) in [5.74, 6) is 0.0310. The van der Waals surface area contributed by atoms with Crippen LogP contribution in [0.15, 0.2) is 42.5 Å². The first-order valence-corrected chi connectivity index (χ1v) is 6.17. The fourth-order valence-corrected chi connectivity index (χ4v) is 1.85. The first kappa shape index (κ1) is 13.1. The largest absolute Gasteiger partial charge is 0.354 e. The van der Waals surface area contributed by atoms with Crippen molar-refractivity contribution in [3.05, 3.63) is 59.4 Å². The van der Waals surface area contributed by atoms with Crippen LogP contribution < -0.4 is 5.32 Å². The molecular weight excluding hydrogens is 239 g/mol. The van der Waals surface area contributed by atoms with Crippen LogP contribution in [-0.4, -0.2) is 0 Å². The maximum Gasteiger partial charge on any atom is 0.124 e. The number of halogens is 1. The van der Waals surface area contributed by atoms with Gasteiger partial charge in [0, 0.05) is 5.69 Å². The zero-order valence-electron chi connectivity index (χ0n) is 10.9. The Labute approximate surface area is 112 Å². The first-order chi connectivity index (χ1) is 9.10. The minimum atomic E-state index is -0.405. The standard InChI is InChI=1S/C16H15FN2/c1-11(2)12-4-3-5-15(9-12)19-16-7-6-14(17)8-13(16)10-18/h3-9,11,19H,1-2H3. The Bertz CT molecular complexity index is 627. The summed E-state index contributed by atoms with van der Waals surface area (Å²) in [5, 5.41) is 12.2. The van der Waals surface area contributed by atoms with Crippen molar-refractivity contribution in [1.29, 1.82) is 5.26 Å². The van der Waals surface area contributed by atoms with Crippen molar-refractivity contribution >= 4 is 11.4 Å². The van der Waals surface area contributed by atoms with Crippen LogP contribution in [-0.2, 0) is 0 Å². The first-order valence-electron chi connectivity index (χ1n) is 6.17. The van der Waals surface area contributed by atoms with E-state index >= 15 is 0 Å². The third kappa shape index (κ3) is 3.11. The van der Waals surface area contributed by atoms with Gasteiger partial charge in [-0.05, 0) is 41.8 Å². The van der Waals surface area contributed by atoms with Crippen molar-refractivity contribution in [2.45, 2.75) is 19.8 Å². The number of anilines is 2. The molecule has 2 aromatic carbocycles. The van der Waals surface area contributed by atoms with Gasteiger partial charge in [0.2, 0.25) is 0 Å². The van der Waals surface area contributed by atoms with Gasteiger partial charge in [0.15, 0.2) is 0 Å². The molecule has 3 heteroatoms. The van der Waals surface area contributed by atoms with Gasteiger partial charge in [-0.1, -0.05) is 26.0 Å². The molecule has 0 aromatic heterocycles. The van der Waals surface area contributed by atoms with E-state index in [0.29, 0.717) is 17.2 Å². The summed E-state index contributed by atoms with van der Waals surface area (Å²) in [5.41, 5.74) is 3.03. The topological polar surface area (TPSA) is 35.8 Å². The van der Waals surface area contributed by atoms with Crippen LogP contribution in [0.3, 0.4) is 0 Å². The Balaban J connectivity index is 2.31. The molecule has 0 aliphatic rings. The molecule has 0 radical (unpaired) electrons. The molecule has 1 N–H and O–H groups in total. The zero-order valence-corrected chi connectivity index (χ0v) is 10.9. The van der Waals surface area contributed by atoms with E-state index in [-0.39, 0.29) is 0 Å². The van der Waals surface area contributed by atoms with E-state index in [1.165, 1.54) is 17.7 Å². The highest BCUT2D eigenvalue weighted by molar-refractivity contribution is 5.66. The molecule has 0 unspecified atom stereocenters. The maximum absolute atomic E-state index is 13.1. The van der Waals surface area contributed by atoms with Crippen molar-refractivity contribution in [3.8, 4) is 6.07 Å². The number of rotatable bonds is 3. The Morgan fingerprint density at radius 1 is 1.16 bits per heavy atom. The minimum absolute atomic E-state index is 0.301. The van der Waals surface area contributed by atoms with Gasteiger partial charge in [-0.3, -0.25) is 0 Å². The molecule has 0 saturated carbocycles. The smallest absolute Gasteiger partial charge is 0.124 e. The van der Waals surface area contributed by atoms with E-state index in [0.717, 1.165) is 5.69 Å². The zero-order chi connectivity index (χ0) is 13.8. The fourth-order valence-electron chi connectivity index (χ4n) is 1.85. The van der Waals surface area contributed by atoms with E-state index in [1.54, 1.807) is 6.07 Å². The Morgan fingerprint density at radius 2 is 1.95 bits per heavy atom. The van der Waals surface area contributed by atoms with Crippen LogP contribution in [0.5, 0.6) is 0 Å². The van der Waals surface area contributed by atoms with E-state index in [4.69, 9.17) is 5.26 Å². The predicted octanol–water partition coefficient (Wildman–Crippen LogP) is 4.56. The van der Waals surface area contributed by atoms with E-state index < -0.39 is 5.82 Å². The lowest BCUT2D eigenvalue weighted by Crippen LogP contribution is -1.96. The monoisotopic (exact) mass is 254 g/mol. The summed E-state index contributed by atoms with van der Waals surface area (Å²) >= 11 is 0. The molecular formula is C16H15FN2. The van der Waals surface area contributed by atoms with Crippen LogP contribution in [0.2, 0.25) is 0 Å². The summed E-state index contributed by atoms with van der Waals surface area (Å²) < 4.78 is 13.1. The van der Waals surface area contributed by atoms with Crippen molar-refractivity contribution in [1.82, 2.24) is 0 Å². The summed E-state index contributed by atoms with van der Waals surface area (Å²) in [6.45, 7) is 4.25. The molecule has 2 aromatic rings. The Hall–Kier alpha value is -2.34. The number of nitriles is 1. The highest BCUT2D eigenvalue weighted by Gasteiger charge is 2.05. The summed E-state index contributed by atoms with van der Waals surface area (Å²) in [6, 6.07) is 14.1. The molecule has 0 aliphatic carbocycles. The number of hydrogen-bond acceptors (Lipinski definition) is 2. The Kier molecular flexibility index (Phi) is 3.82. The molecule has 96 valence electrons. The summed E-state index contributed by atoms with van der Waals surface area (Å²) in [6.07, 6.45) is 0. The molecule has 0 atom stereocenters. The number of nitrogens with one attached hydrogen (secondary N) is 1. The predicted molar refractivity (Wildman–Crippen MR) is 74.9 cm³/mol. The molecule has 0 saturated heterocycles. The van der Waals surface area contributed by atoms with Crippen LogP contribution in [0, 0.1) is 17.1 Å². The maximum atomic E-state index is 13.1. The molecule has 0 heterocycles. The second kappa shape index (κ2) is 5.53. The molecule has 19 heavy (non-hydrogen) atoms. The lowest BCUT2D eigenvalue weighted by molar-refractivity contribution is 0.627. The van der Waals surface area contributed by atoms with Crippen LogP contribution in [0.4, 0.5) is 15.8 Å². The second-order valence-electron chi connectivity index (χ2n) is 4.71.